The standard InChI is InChI=1S/C15H20/c1-2-3-4-5-6-7-9-12-15-13-10-8-11-14-15/h8,10-11,13-14H,2-5,9,12H2,1H3. The maximum Gasteiger partial charge on any atom is 0.0129 e. The second kappa shape index (κ2) is 8.12. The summed E-state index contributed by atoms with van der Waals surface area (Å²) < 4.78 is 0. The third kappa shape index (κ3) is 5.96. The zero-order valence-electron chi connectivity index (χ0n) is 9.63. The summed E-state index contributed by atoms with van der Waals surface area (Å²) in [5.41, 5.74) is 1.39. The van der Waals surface area contributed by atoms with E-state index in [1.54, 1.807) is 0 Å². The smallest absolute Gasteiger partial charge is 0.0129 e. The molecule has 0 nitrogen and oxygen atoms in total. The van der Waals surface area contributed by atoms with Gasteiger partial charge in [-0.2, -0.15) is 0 Å². The Hall–Kier alpha value is -1.22. The summed E-state index contributed by atoms with van der Waals surface area (Å²) in [4.78, 5) is 0. The Kier molecular flexibility index (Phi) is 6.41. The zero-order valence-corrected chi connectivity index (χ0v) is 9.63. The van der Waals surface area contributed by atoms with Crippen molar-refractivity contribution in [3.05, 3.63) is 35.9 Å². The molecule has 0 saturated carbocycles. The van der Waals surface area contributed by atoms with Gasteiger partial charge in [0.15, 0.2) is 0 Å². The monoisotopic (exact) mass is 200 g/mol. The summed E-state index contributed by atoms with van der Waals surface area (Å²) in [5.74, 6) is 6.48. The van der Waals surface area contributed by atoms with Crippen molar-refractivity contribution in [1.82, 2.24) is 0 Å². The van der Waals surface area contributed by atoms with Gasteiger partial charge in [0.1, 0.15) is 0 Å². The van der Waals surface area contributed by atoms with Crippen LogP contribution in [0.3, 0.4) is 0 Å². The summed E-state index contributed by atoms with van der Waals surface area (Å²) in [7, 11) is 0. The van der Waals surface area contributed by atoms with Crippen LogP contribution < -0.4 is 0 Å². The predicted octanol–water partition coefficient (Wildman–Crippen LogP) is 4.20. The van der Waals surface area contributed by atoms with Crippen LogP contribution in [0.25, 0.3) is 0 Å². The van der Waals surface area contributed by atoms with Crippen LogP contribution in [0.5, 0.6) is 0 Å². The van der Waals surface area contributed by atoms with E-state index in [2.05, 4.69) is 49.1 Å². The van der Waals surface area contributed by atoms with E-state index in [-0.39, 0.29) is 0 Å². The van der Waals surface area contributed by atoms with Gasteiger partial charge in [0.2, 0.25) is 0 Å². The van der Waals surface area contributed by atoms with E-state index < -0.39 is 0 Å². The topological polar surface area (TPSA) is 0 Å². The highest BCUT2D eigenvalue weighted by molar-refractivity contribution is 5.16. The van der Waals surface area contributed by atoms with Crippen molar-refractivity contribution in [3.63, 3.8) is 0 Å². The minimum atomic E-state index is 0.996. The fraction of sp³-hybridized carbons (Fsp3) is 0.467. The van der Waals surface area contributed by atoms with Gasteiger partial charge in [-0.1, -0.05) is 50.1 Å². The molecule has 0 aromatic heterocycles. The van der Waals surface area contributed by atoms with E-state index in [0.29, 0.717) is 0 Å². The lowest BCUT2D eigenvalue weighted by atomic mass is 10.1. The summed E-state index contributed by atoms with van der Waals surface area (Å²) >= 11 is 0. The SMILES string of the molecule is CCCCCC#CCCc1ccccc1. The number of unbranched alkanes of at least 4 members (excludes halogenated alkanes) is 3. The van der Waals surface area contributed by atoms with Crippen LogP contribution in [0.15, 0.2) is 30.3 Å². The average molecular weight is 200 g/mol. The molecule has 0 aliphatic rings. The Morgan fingerprint density at radius 2 is 1.67 bits per heavy atom. The van der Waals surface area contributed by atoms with Crippen LogP contribution in [0.1, 0.15) is 44.6 Å². The van der Waals surface area contributed by atoms with Gasteiger partial charge in [-0.05, 0) is 18.4 Å². The van der Waals surface area contributed by atoms with Gasteiger partial charge < -0.3 is 0 Å². The van der Waals surface area contributed by atoms with E-state index >= 15 is 0 Å². The van der Waals surface area contributed by atoms with E-state index in [9.17, 15) is 0 Å². The average Bonchev–Trinajstić information content (AvgIpc) is 2.29. The normalized spacial score (nSPS) is 9.40. The van der Waals surface area contributed by atoms with Crippen LogP contribution in [0.2, 0.25) is 0 Å². The predicted molar refractivity (Wildman–Crippen MR) is 66.7 cm³/mol. The van der Waals surface area contributed by atoms with Crippen LogP contribution >= 0.6 is 0 Å². The van der Waals surface area contributed by atoms with Gasteiger partial charge in [0.25, 0.3) is 0 Å². The summed E-state index contributed by atoms with van der Waals surface area (Å²) in [6.45, 7) is 2.23. The van der Waals surface area contributed by atoms with Crippen molar-refractivity contribution in [2.45, 2.75) is 45.4 Å². The van der Waals surface area contributed by atoms with Gasteiger partial charge in [0, 0.05) is 12.8 Å². The zero-order chi connectivity index (χ0) is 10.8. The molecule has 0 aliphatic heterocycles. The third-order valence-electron chi connectivity index (χ3n) is 2.41. The van der Waals surface area contributed by atoms with E-state index in [1.165, 1.54) is 24.8 Å². The fourth-order valence-corrected chi connectivity index (χ4v) is 1.49. The molecule has 0 atom stereocenters. The second-order valence-corrected chi connectivity index (χ2v) is 3.80. The quantitative estimate of drug-likeness (QED) is 0.493. The van der Waals surface area contributed by atoms with Crippen LogP contribution in [0.4, 0.5) is 0 Å². The minimum Gasteiger partial charge on any atom is -0.103 e. The molecule has 1 aromatic carbocycles. The molecule has 1 rings (SSSR count). The first-order valence-corrected chi connectivity index (χ1v) is 5.93. The molecule has 0 heteroatoms. The number of hydrogen-bond donors (Lipinski definition) is 0. The Balaban J connectivity index is 2.11. The molecule has 0 N–H and O–H groups in total. The van der Waals surface area contributed by atoms with Crippen molar-refractivity contribution < 1.29 is 0 Å². The Morgan fingerprint density at radius 3 is 2.40 bits per heavy atom. The molecule has 0 fully saturated rings. The molecule has 0 aliphatic carbocycles. The number of aryl methyl sites for hydroxylation is 1. The van der Waals surface area contributed by atoms with Crippen molar-refractivity contribution in [2.24, 2.45) is 0 Å². The van der Waals surface area contributed by atoms with Crippen molar-refractivity contribution in [2.75, 3.05) is 0 Å². The Morgan fingerprint density at radius 1 is 0.933 bits per heavy atom. The molecule has 0 heterocycles. The minimum absolute atomic E-state index is 0.996. The Bertz CT molecular complexity index is 300. The number of hydrogen-bond acceptors (Lipinski definition) is 0. The molecule has 0 radical (unpaired) electrons. The lowest BCUT2D eigenvalue weighted by molar-refractivity contribution is 0.737. The molecule has 0 saturated heterocycles. The molecule has 0 unspecified atom stereocenters. The van der Waals surface area contributed by atoms with E-state index in [0.717, 1.165) is 19.3 Å². The maximum atomic E-state index is 3.24. The molecule has 0 bridgehead atoms. The summed E-state index contributed by atoms with van der Waals surface area (Å²) in [6.07, 6.45) is 7.01. The molecule has 0 amide bonds. The largest absolute Gasteiger partial charge is 0.103 e. The lowest BCUT2D eigenvalue weighted by Gasteiger charge is -1.94. The van der Waals surface area contributed by atoms with Gasteiger partial charge in [-0.3, -0.25) is 0 Å². The summed E-state index contributed by atoms with van der Waals surface area (Å²) in [6, 6.07) is 10.6. The molecular weight excluding hydrogens is 180 g/mol. The highest BCUT2D eigenvalue weighted by Gasteiger charge is 1.87. The number of benzene rings is 1. The molecular formula is C15H20. The van der Waals surface area contributed by atoms with Crippen molar-refractivity contribution in [3.8, 4) is 11.8 Å². The molecule has 0 spiro atoms. The van der Waals surface area contributed by atoms with Crippen LogP contribution in [-0.2, 0) is 6.42 Å². The maximum absolute atomic E-state index is 3.24. The number of rotatable bonds is 5. The van der Waals surface area contributed by atoms with Gasteiger partial charge in [0.05, 0.1) is 0 Å². The summed E-state index contributed by atoms with van der Waals surface area (Å²) in [5, 5.41) is 0. The van der Waals surface area contributed by atoms with Crippen molar-refractivity contribution in [1.29, 1.82) is 0 Å². The molecule has 15 heavy (non-hydrogen) atoms. The van der Waals surface area contributed by atoms with E-state index in [4.69, 9.17) is 0 Å². The van der Waals surface area contributed by atoms with E-state index in [1.807, 2.05) is 0 Å². The fourth-order valence-electron chi connectivity index (χ4n) is 1.49. The van der Waals surface area contributed by atoms with Crippen LogP contribution in [-0.4, -0.2) is 0 Å². The third-order valence-corrected chi connectivity index (χ3v) is 2.41. The van der Waals surface area contributed by atoms with Gasteiger partial charge >= 0.3 is 0 Å². The molecule has 1 aromatic rings. The highest BCUT2D eigenvalue weighted by atomic mass is 13.9. The lowest BCUT2D eigenvalue weighted by Crippen LogP contribution is -1.81. The van der Waals surface area contributed by atoms with Gasteiger partial charge in [-0.15, -0.1) is 11.8 Å². The van der Waals surface area contributed by atoms with Gasteiger partial charge in [-0.25, -0.2) is 0 Å². The first-order valence-electron chi connectivity index (χ1n) is 5.93. The van der Waals surface area contributed by atoms with Crippen LogP contribution in [0, 0.1) is 11.8 Å². The first kappa shape index (κ1) is 11.9. The Labute approximate surface area is 93.7 Å². The molecule has 80 valence electrons. The first-order chi connectivity index (χ1) is 7.43. The van der Waals surface area contributed by atoms with Crippen molar-refractivity contribution >= 4 is 0 Å². The highest BCUT2D eigenvalue weighted by Crippen LogP contribution is 2.01. The second-order valence-electron chi connectivity index (χ2n) is 3.80.